The van der Waals surface area contributed by atoms with Gasteiger partial charge in [0, 0.05) is 6.54 Å². The minimum atomic E-state index is 0.139. The van der Waals surface area contributed by atoms with E-state index < -0.39 is 0 Å². The summed E-state index contributed by atoms with van der Waals surface area (Å²) >= 11 is 6.02. The van der Waals surface area contributed by atoms with Crippen molar-refractivity contribution in [1.29, 1.82) is 0 Å². The molecule has 3 atom stereocenters. The Labute approximate surface area is 67.1 Å². The van der Waals surface area contributed by atoms with Gasteiger partial charge in [-0.2, -0.15) is 5.06 Å². The molecule has 2 nitrogen and oxygen atoms in total. The quantitative estimate of drug-likeness (QED) is 0.545. The topological polar surface area (TPSA) is 12.5 Å². The molecular formula is C7H14ClNO. The molecule has 1 heterocycles. The maximum atomic E-state index is 6.02. The van der Waals surface area contributed by atoms with E-state index in [1.54, 1.807) is 0 Å². The maximum Gasteiger partial charge on any atom is 0.0944 e. The molecule has 0 spiro atoms. The molecule has 10 heavy (non-hydrogen) atoms. The molecular weight excluding hydrogens is 150 g/mol. The second kappa shape index (κ2) is 3.07. The number of hydroxylamine groups is 2. The van der Waals surface area contributed by atoms with Gasteiger partial charge in [0.2, 0.25) is 0 Å². The standard InChI is InChI=1S/C7H14ClNO/c1-4-9-5(2)7(8)6(3)10-9/h5-7H,4H2,1-3H3. The summed E-state index contributed by atoms with van der Waals surface area (Å²) in [5.41, 5.74) is 0. The summed E-state index contributed by atoms with van der Waals surface area (Å²) in [6, 6.07) is 0.349. The van der Waals surface area contributed by atoms with Crippen LogP contribution >= 0.6 is 11.6 Å². The molecule has 1 aliphatic rings. The molecule has 1 rings (SSSR count). The summed E-state index contributed by atoms with van der Waals surface area (Å²) < 4.78 is 0. The molecule has 0 radical (unpaired) electrons. The summed E-state index contributed by atoms with van der Waals surface area (Å²) in [5.74, 6) is 0. The van der Waals surface area contributed by atoms with E-state index >= 15 is 0 Å². The van der Waals surface area contributed by atoms with Crippen LogP contribution in [0.15, 0.2) is 0 Å². The Balaban J connectivity index is 2.53. The number of halogens is 1. The van der Waals surface area contributed by atoms with Crippen molar-refractivity contribution in [3.8, 4) is 0 Å². The fourth-order valence-corrected chi connectivity index (χ4v) is 1.45. The number of alkyl halides is 1. The summed E-state index contributed by atoms with van der Waals surface area (Å²) in [7, 11) is 0. The average molecular weight is 164 g/mol. The summed E-state index contributed by atoms with van der Waals surface area (Å²) in [6.07, 6.45) is 0.164. The van der Waals surface area contributed by atoms with Gasteiger partial charge in [0.15, 0.2) is 0 Å². The van der Waals surface area contributed by atoms with E-state index in [1.165, 1.54) is 0 Å². The zero-order valence-corrected chi connectivity index (χ0v) is 7.43. The van der Waals surface area contributed by atoms with Gasteiger partial charge >= 0.3 is 0 Å². The summed E-state index contributed by atoms with van der Waals surface area (Å²) in [4.78, 5) is 5.44. The summed E-state index contributed by atoms with van der Waals surface area (Å²) in [5, 5.41) is 2.07. The minimum absolute atomic E-state index is 0.139. The highest BCUT2D eigenvalue weighted by Crippen LogP contribution is 2.24. The Bertz CT molecular complexity index is 120. The fraction of sp³-hybridized carbons (Fsp3) is 1.00. The monoisotopic (exact) mass is 163 g/mol. The SMILES string of the molecule is CCN1OC(C)C(Cl)C1C. The van der Waals surface area contributed by atoms with Crippen LogP contribution in [0.3, 0.4) is 0 Å². The predicted octanol–water partition coefficient (Wildman–Crippen LogP) is 1.64. The van der Waals surface area contributed by atoms with Gasteiger partial charge in [-0.15, -0.1) is 11.6 Å². The predicted molar refractivity (Wildman–Crippen MR) is 42.0 cm³/mol. The Morgan fingerprint density at radius 1 is 1.50 bits per heavy atom. The van der Waals surface area contributed by atoms with Crippen molar-refractivity contribution in [2.45, 2.75) is 38.3 Å². The molecule has 3 unspecified atom stereocenters. The van der Waals surface area contributed by atoms with E-state index in [0.29, 0.717) is 6.04 Å². The third kappa shape index (κ3) is 1.29. The van der Waals surface area contributed by atoms with Crippen molar-refractivity contribution in [2.24, 2.45) is 0 Å². The van der Waals surface area contributed by atoms with Gasteiger partial charge in [-0.25, -0.2) is 0 Å². The van der Waals surface area contributed by atoms with Crippen LogP contribution < -0.4 is 0 Å². The first kappa shape index (κ1) is 8.31. The van der Waals surface area contributed by atoms with Crippen molar-refractivity contribution < 1.29 is 4.84 Å². The molecule has 0 amide bonds. The van der Waals surface area contributed by atoms with Crippen molar-refractivity contribution in [1.82, 2.24) is 5.06 Å². The highest BCUT2D eigenvalue weighted by atomic mass is 35.5. The highest BCUT2D eigenvalue weighted by molar-refractivity contribution is 6.21. The molecule has 0 aliphatic carbocycles. The first-order chi connectivity index (χ1) is 4.66. The Hall–Kier alpha value is 0.210. The average Bonchev–Trinajstić information content (AvgIpc) is 2.17. The zero-order chi connectivity index (χ0) is 7.72. The second-order valence-electron chi connectivity index (χ2n) is 2.73. The van der Waals surface area contributed by atoms with Gasteiger partial charge in [0.05, 0.1) is 17.5 Å². The zero-order valence-electron chi connectivity index (χ0n) is 6.67. The first-order valence-corrected chi connectivity index (χ1v) is 4.18. The van der Waals surface area contributed by atoms with E-state index in [9.17, 15) is 0 Å². The molecule has 1 saturated heterocycles. The Morgan fingerprint density at radius 2 is 2.10 bits per heavy atom. The largest absolute Gasteiger partial charge is 0.294 e. The maximum absolute atomic E-state index is 6.02. The third-order valence-electron chi connectivity index (χ3n) is 1.98. The van der Waals surface area contributed by atoms with Crippen LogP contribution in [0.2, 0.25) is 0 Å². The molecule has 3 heteroatoms. The lowest BCUT2D eigenvalue weighted by Crippen LogP contribution is -2.29. The lowest BCUT2D eigenvalue weighted by atomic mass is 10.2. The van der Waals surface area contributed by atoms with Gasteiger partial charge in [-0.3, -0.25) is 4.84 Å². The smallest absolute Gasteiger partial charge is 0.0944 e. The van der Waals surface area contributed by atoms with Crippen LogP contribution in [0.4, 0.5) is 0 Å². The molecule has 0 aromatic rings. The third-order valence-corrected chi connectivity index (χ3v) is 2.70. The van der Waals surface area contributed by atoms with Crippen LogP contribution in [0.5, 0.6) is 0 Å². The second-order valence-corrected chi connectivity index (χ2v) is 3.23. The number of nitrogens with zero attached hydrogens (tertiary/aromatic N) is 1. The van der Waals surface area contributed by atoms with Crippen LogP contribution in [0, 0.1) is 0 Å². The van der Waals surface area contributed by atoms with Crippen molar-refractivity contribution in [2.75, 3.05) is 6.54 Å². The van der Waals surface area contributed by atoms with Crippen LogP contribution in [0.25, 0.3) is 0 Å². The molecule has 0 saturated carbocycles. The Kier molecular flexibility index (Phi) is 2.55. The number of hydrogen-bond acceptors (Lipinski definition) is 2. The van der Waals surface area contributed by atoms with E-state index in [4.69, 9.17) is 16.4 Å². The van der Waals surface area contributed by atoms with Gasteiger partial charge in [0.1, 0.15) is 0 Å². The normalized spacial score (nSPS) is 42.6. The number of rotatable bonds is 1. The van der Waals surface area contributed by atoms with Gasteiger partial charge < -0.3 is 0 Å². The van der Waals surface area contributed by atoms with Gasteiger partial charge in [0.25, 0.3) is 0 Å². The van der Waals surface area contributed by atoms with Crippen LogP contribution in [0.1, 0.15) is 20.8 Å². The Morgan fingerprint density at radius 3 is 2.30 bits per heavy atom. The molecule has 1 aliphatic heterocycles. The van der Waals surface area contributed by atoms with Crippen LogP contribution in [-0.4, -0.2) is 29.1 Å². The summed E-state index contributed by atoms with van der Waals surface area (Å²) in [6.45, 7) is 7.07. The molecule has 0 aromatic carbocycles. The van der Waals surface area contributed by atoms with E-state index in [-0.39, 0.29) is 11.5 Å². The highest BCUT2D eigenvalue weighted by Gasteiger charge is 2.35. The van der Waals surface area contributed by atoms with E-state index in [1.807, 2.05) is 12.0 Å². The molecule has 0 aromatic heterocycles. The van der Waals surface area contributed by atoms with Crippen molar-refractivity contribution >= 4 is 11.6 Å². The van der Waals surface area contributed by atoms with Crippen molar-refractivity contribution in [3.63, 3.8) is 0 Å². The molecule has 0 N–H and O–H groups in total. The first-order valence-electron chi connectivity index (χ1n) is 3.74. The van der Waals surface area contributed by atoms with Crippen molar-refractivity contribution in [3.05, 3.63) is 0 Å². The lowest BCUT2D eigenvalue weighted by molar-refractivity contribution is -0.151. The van der Waals surface area contributed by atoms with Crippen LogP contribution in [-0.2, 0) is 4.84 Å². The van der Waals surface area contributed by atoms with E-state index in [2.05, 4.69) is 13.8 Å². The minimum Gasteiger partial charge on any atom is -0.294 e. The molecule has 1 fully saturated rings. The lowest BCUT2D eigenvalue weighted by Gasteiger charge is -2.16. The fourth-order valence-electron chi connectivity index (χ4n) is 1.28. The molecule has 60 valence electrons. The molecule has 0 bridgehead atoms. The number of hydrogen-bond donors (Lipinski definition) is 0. The van der Waals surface area contributed by atoms with E-state index in [0.717, 1.165) is 6.54 Å². The van der Waals surface area contributed by atoms with Gasteiger partial charge in [-0.1, -0.05) is 6.92 Å². The van der Waals surface area contributed by atoms with Gasteiger partial charge in [-0.05, 0) is 13.8 Å².